The highest BCUT2D eigenvalue weighted by molar-refractivity contribution is 5.99. The summed E-state index contributed by atoms with van der Waals surface area (Å²) in [5.74, 6) is -1.98. The van der Waals surface area contributed by atoms with Gasteiger partial charge in [0.15, 0.2) is 0 Å². The van der Waals surface area contributed by atoms with Gasteiger partial charge in [-0.2, -0.15) is 0 Å². The summed E-state index contributed by atoms with van der Waals surface area (Å²) in [6, 6.07) is -1.14. The van der Waals surface area contributed by atoms with Crippen molar-refractivity contribution in [2.45, 2.75) is 76.7 Å². The molecule has 0 aliphatic carbocycles. The van der Waals surface area contributed by atoms with Gasteiger partial charge in [0.2, 0.25) is 5.91 Å². The molecule has 0 aromatic heterocycles. The number of aliphatic hydroxyl groups excluding tert-OH is 1. The molecule has 0 rings (SSSR count). The molecular weight excluding hydrogens is 310 g/mol. The van der Waals surface area contributed by atoms with Crippen molar-refractivity contribution in [1.29, 1.82) is 0 Å². The highest BCUT2D eigenvalue weighted by atomic mass is 16.4. The van der Waals surface area contributed by atoms with Crippen LogP contribution in [-0.4, -0.2) is 40.5 Å². The first-order valence-electron chi connectivity index (χ1n) is 8.76. The van der Waals surface area contributed by atoms with Gasteiger partial charge in [-0.3, -0.25) is 9.59 Å². The number of hydrogen-bond donors (Lipinski definition) is 3. The largest absolute Gasteiger partial charge is 0.480 e. The number of Topliss-reactive ketones (excluding diaryl/α,β-unsaturated/α-hetero) is 1. The third kappa shape index (κ3) is 12.8. The van der Waals surface area contributed by atoms with E-state index in [1.807, 2.05) is 6.08 Å². The number of ketones is 1. The fourth-order valence-electron chi connectivity index (χ4n) is 2.39. The molecule has 0 bridgehead atoms. The Labute approximate surface area is 144 Å². The average molecular weight is 341 g/mol. The van der Waals surface area contributed by atoms with Crippen molar-refractivity contribution in [2.24, 2.45) is 0 Å². The number of aliphatic hydroxyl groups is 1. The Morgan fingerprint density at radius 2 is 1.58 bits per heavy atom. The van der Waals surface area contributed by atoms with Gasteiger partial charge < -0.3 is 15.5 Å². The van der Waals surface area contributed by atoms with Gasteiger partial charge in [-0.05, 0) is 19.3 Å². The van der Waals surface area contributed by atoms with Crippen molar-refractivity contribution in [3.05, 3.63) is 12.7 Å². The number of hydrogen-bond acceptors (Lipinski definition) is 4. The zero-order valence-corrected chi connectivity index (χ0v) is 14.5. The Morgan fingerprint density at radius 1 is 1.00 bits per heavy atom. The van der Waals surface area contributed by atoms with Gasteiger partial charge in [0.05, 0.1) is 6.42 Å². The Kier molecular flexibility index (Phi) is 13.8. The summed E-state index contributed by atoms with van der Waals surface area (Å²) in [4.78, 5) is 34.2. The summed E-state index contributed by atoms with van der Waals surface area (Å²) < 4.78 is 0. The Morgan fingerprint density at radius 3 is 2.12 bits per heavy atom. The number of rotatable bonds is 16. The van der Waals surface area contributed by atoms with E-state index in [4.69, 9.17) is 10.2 Å². The summed E-state index contributed by atoms with van der Waals surface area (Å²) >= 11 is 0. The van der Waals surface area contributed by atoms with E-state index >= 15 is 0 Å². The third-order valence-electron chi connectivity index (χ3n) is 3.77. The molecule has 6 heteroatoms. The van der Waals surface area contributed by atoms with Crippen LogP contribution in [0.5, 0.6) is 0 Å². The summed E-state index contributed by atoms with van der Waals surface area (Å²) in [6.07, 6.45) is 10.6. The predicted octanol–water partition coefficient (Wildman–Crippen LogP) is 2.59. The molecule has 1 atom stereocenters. The van der Waals surface area contributed by atoms with Crippen LogP contribution in [-0.2, 0) is 14.4 Å². The van der Waals surface area contributed by atoms with Gasteiger partial charge in [-0.1, -0.05) is 38.2 Å². The van der Waals surface area contributed by atoms with Crippen molar-refractivity contribution in [2.75, 3.05) is 6.61 Å². The minimum Gasteiger partial charge on any atom is -0.480 e. The van der Waals surface area contributed by atoms with E-state index in [1.54, 1.807) is 0 Å². The van der Waals surface area contributed by atoms with Crippen molar-refractivity contribution in [3.8, 4) is 0 Å². The maximum absolute atomic E-state index is 11.7. The van der Waals surface area contributed by atoms with E-state index in [0.717, 1.165) is 32.1 Å². The normalized spacial score (nSPS) is 11.7. The molecule has 0 unspecified atom stereocenters. The molecule has 0 saturated carbocycles. The molecule has 1 amide bonds. The van der Waals surface area contributed by atoms with E-state index in [2.05, 4.69) is 11.9 Å². The van der Waals surface area contributed by atoms with Crippen LogP contribution in [0.1, 0.15) is 70.6 Å². The second-order valence-corrected chi connectivity index (χ2v) is 5.99. The molecule has 24 heavy (non-hydrogen) atoms. The third-order valence-corrected chi connectivity index (χ3v) is 3.77. The van der Waals surface area contributed by atoms with E-state index < -0.39 is 17.9 Å². The van der Waals surface area contributed by atoms with Crippen molar-refractivity contribution >= 4 is 17.7 Å². The van der Waals surface area contributed by atoms with E-state index in [9.17, 15) is 14.4 Å². The molecule has 0 saturated heterocycles. The van der Waals surface area contributed by atoms with Crippen LogP contribution >= 0.6 is 0 Å². The Hall–Kier alpha value is -1.69. The summed E-state index contributed by atoms with van der Waals surface area (Å²) in [5.41, 5.74) is 0. The molecule has 0 aliphatic heterocycles. The zero-order valence-electron chi connectivity index (χ0n) is 14.5. The van der Waals surface area contributed by atoms with Gasteiger partial charge in [0.25, 0.3) is 0 Å². The molecule has 6 nitrogen and oxygen atoms in total. The lowest BCUT2D eigenvalue weighted by atomic mass is 10.0. The molecule has 0 spiro atoms. The molecule has 138 valence electrons. The zero-order chi connectivity index (χ0) is 18.2. The lowest BCUT2D eigenvalue weighted by Gasteiger charge is -2.12. The molecule has 0 aromatic rings. The smallest absolute Gasteiger partial charge is 0.326 e. The van der Waals surface area contributed by atoms with E-state index in [0.29, 0.717) is 6.42 Å². The Balaban J connectivity index is 3.69. The summed E-state index contributed by atoms with van der Waals surface area (Å²) in [7, 11) is 0. The molecule has 0 aromatic carbocycles. The number of unbranched alkanes of at least 4 members (excludes halogenated alkanes) is 7. The Bertz CT molecular complexity index is 395. The van der Waals surface area contributed by atoms with E-state index in [-0.39, 0.29) is 25.2 Å². The SMILES string of the molecule is C=CCCCCCCCCCC(=O)CC(=O)N[C@@H](CCO)C(=O)O. The molecule has 0 heterocycles. The molecule has 0 fully saturated rings. The van der Waals surface area contributed by atoms with E-state index in [1.165, 1.54) is 19.3 Å². The van der Waals surface area contributed by atoms with Crippen LogP contribution in [0.2, 0.25) is 0 Å². The standard InChI is InChI=1S/C18H31NO5/c1-2-3-4-5-6-7-8-9-10-11-15(21)14-17(22)19-16(12-13-20)18(23)24/h2,16,20H,1,3-14H2,(H,19,22)(H,23,24)/t16-/m0/s1. The number of carbonyl (C=O) groups is 3. The first kappa shape index (κ1) is 22.3. The maximum Gasteiger partial charge on any atom is 0.326 e. The van der Waals surface area contributed by atoms with Crippen molar-refractivity contribution < 1.29 is 24.6 Å². The van der Waals surface area contributed by atoms with Crippen LogP contribution in [0, 0.1) is 0 Å². The minimum atomic E-state index is -1.21. The quantitative estimate of drug-likeness (QED) is 0.227. The maximum atomic E-state index is 11.7. The number of carboxylic acid groups (broad SMARTS) is 1. The number of allylic oxidation sites excluding steroid dienone is 1. The topological polar surface area (TPSA) is 104 Å². The van der Waals surface area contributed by atoms with Gasteiger partial charge in [-0.15, -0.1) is 6.58 Å². The average Bonchev–Trinajstić information content (AvgIpc) is 2.52. The van der Waals surface area contributed by atoms with Gasteiger partial charge in [0, 0.05) is 19.4 Å². The fraction of sp³-hybridized carbons (Fsp3) is 0.722. The number of nitrogens with one attached hydrogen (secondary N) is 1. The lowest BCUT2D eigenvalue weighted by Crippen LogP contribution is -2.42. The fourth-order valence-corrected chi connectivity index (χ4v) is 2.39. The van der Waals surface area contributed by atoms with Crippen LogP contribution < -0.4 is 5.32 Å². The van der Waals surface area contributed by atoms with Crippen LogP contribution in [0.4, 0.5) is 0 Å². The second-order valence-electron chi connectivity index (χ2n) is 5.99. The minimum absolute atomic E-state index is 0.0674. The summed E-state index contributed by atoms with van der Waals surface area (Å²) in [6.45, 7) is 3.35. The summed E-state index contributed by atoms with van der Waals surface area (Å²) in [5, 5.41) is 19.9. The lowest BCUT2D eigenvalue weighted by molar-refractivity contribution is -0.143. The molecule has 3 N–H and O–H groups in total. The van der Waals surface area contributed by atoms with Crippen molar-refractivity contribution in [1.82, 2.24) is 5.32 Å². The van der Waals surface area contributed by atoms with Crippen LogP contribution in [0.15, 0.2) is 12.7 Å². The molecular formula is C18H31NO5. The molecule has 0 aliphatic rings. The number of carbonyl (C=O) groups excluding carboxylic acids is 2. The van der Waals surface area contributed by atoms with Gasteiger partial charge in [-0.25, -0.2) is 4.79 Å². The number of aliphatic carboxylic acids is 1. The highest BCUT2D eigenvalue weighted by Gasteiger charge is 2.20. The number of amides is 1. The second kappa shape index (κ2) is 14.9. The van der Waals surface area contributed by atoms with Gasteiger partial charge in [0.1, 0.15) is 11.8 Å². The predicted molar refractivity (Wildman–Crippen MR) is 92.6 cm³/mol. The first-order chi connectivity index (χ1) is 11.5. The number of carboxylic acids is 1. The van der Waals surface area contributed by atoms with Gasteiger partial charge >= 0.3 is 5.97 Å². The van der Waals surface area contributed by atoms with Crippen molar-refractivity contribution in [3.63, 3.8) is 0 Å². The first-order valence-corrected chi connectivity index (χ1v) is 8.76. The van der Waals surface area contributed by atoms with Crippen LogP contribution in [0.3, 0.4) is 0 Å². The molecule has 0 radical (unpaired) electrons. The van der Waals surface area contributed by atoms with Crippen LogP contribution in [0.25, 0.3) is 0 Å². The highest BCUT2D eigenvalue weighted by Crippen LogP contribution is 2.10. The monoisotopic (exact) mass is 341 g/mol.